The third kappa shape index (κ3) is 6.11. The van der Waals surface area contributed by atoms with Gasteiger partial charge < -0.3 is 4.90 Å². The number of nitrogens with zero attached hydrogens (tertiary/aromatic N) is 2. The zero-order valence-electron chi connectivity index (χ0n) is 18.2. The molecule has 2 aliphatic rings. The topological polar surface area (TPSA) is 23.6 Å². The summed E-state index contributed by atoms with van der Waals surface area (Å²) in [6.07, 6.45) is 3.77. The first-order valence-electron chi connectivity index (χ1n) is 11.4. The highest BCUT2D eigenvalue weighted by molar-refractivity contribution is 7.08. The number of hydrogen-bond donors (Lipinski definition) is 0. The number of Topliss-reactive ketones (excluding diaryl/α,β-unsaturated/α-hetero) is 1. The summed E-state index contributed by atoms with van der Waals surface area (Å²) in [5.74, 6) is 2.19. The number of halogens is 2. The molecule has 2 atom stereocenters. The van der Waals surface area contributed by atoms with Gasteiger partial charge in [0.15, 0.2) is 0 Å². The molecule has 3 nitrogen and oxygen atoms in total. The van der Waals surface area contributed by atoms with Gasteiger partial charge in [0, 0.05) is 55.0 Å². The summed E-state index contributed by atoms with van der Waals surface area (Å²) < 4.78 is 0. The Morgan fingerprint density at radius 3 is 2.61 bits per heavy atom. The number of rotatable bonds is 8. The number of carbonyl (C=O) groups excluding carboxylic acids is 1. The highest BCUT2D eigenvalue weighted by Gasteiger charge is 2.36. The lowest BCUT2D eigenvalue weighted by Crippen LogP contribution is -2.39. The molecule has 2 unspecified atom stereocenters. The fourth-order valence-electron chi connectivity index (χ4n) is 5.20. The molecule has 0 radical (unpaired) electrons. The van der Waals surface area contributed by atoms with Gasteiger partial charge in [-0.05, 0) is 77.9 Å². The first kappa shape index (κ1) is 23.3. The van der Waals surface area contributed by atoms with Crippen molar-refractivity contribution in [3.8, 4) is 0 Å². The molecule has 0 spiro atoms. The van der Waals surface area contributed by atoms with Gasteiger partial charge >= 0.3 is 0 Å². The van der Waals surface area contributed by atoms with Gasteiger partial charge in [0.25, 0.3) is 0 Å². The van der Waals surface area contributed by atoms with Crippen LogP contribution < -0.4 is 0 Å². The predicted molar refractivity (Wildman–Crippen MR) is 131 cm³/mol. The molecule has 168 valence electrons. The van der Waals surface area contributed by atoms with Crippen LogP contribution in [0, 0.1) is 11.8 Å². The summed E-state index contributed by atoms with van der Waals surface area (Å²) in [6.45, 7) is 8.39. The number of likely N-dealkylation sites (tertiary alicyclic amines) is 2. The Labute approximate surface area is 200 Å². The zero-order valence-corrected chi connectivity index (χ0v) is 20.6. The SMILES string of the molecule is CCC(=O)CC1CCN(CC2CN(Cc3ccc(Cl)cc3Cl)CC2c2ccsc2)CC1. The second-order valence-corrected chi connectivity index (χ2v) is 10.8. The summed E-state index contributed by atoms with van der Waals surface area (Å²) in [6, 6.07) is 8.12. The van der Waals surface area contributed by atoms with Crippen molar-refractivity contribution >= 4 is 40.3 Å². The number of benzene rings is 1. The van der Waals surface area contributed by atoms with Crippen molar-refractivity contribution in [1.29, 1.82) is 0 Å². The predicted octanol–water partition coefficient (Wildman–Crippen LogP) is 6.35. The van der Waals surface area contributed by atoms with Crippen LogP contribution in [0.5, 0.6) is 0 Å². The summed E-state index contributed by atoms with van der Waals surface area (Å²) in [5.41, 5.74) is 2.63. The van der Waals surface area contributed by atoms with Crippen LogP contribution in [0.4, 0.5) is 0 Å². The molecule has 6 heteroatoms. The molecule has 0 aliphatic carbocycles. The Kier molecular flexibility index (Phi) is 8.11. The maximum Gasteiger partial charge on any atom is 0.132 e. The first-order chi connectivity index (χ1) is 15.0. The van der Waals surface area contributed by atoms with E-state index < -0.39 is 0 Å². The van der Waals surface area contributed by atoms with Crippen LogP contribution in [0.15, 0.2) is 35.0 Å². The highest BCUT2D eigenvalue weighted by Crippen LogP contribution is 2.36. The number of hydrogen-bond acceptors (Lipinski definition) is 4. The standard InChI is InChI=1S/C25H32Cl2N2OS/c1-2-23(30)11-18-5-8-28(9-6-18)14-21-15-29(16-24(21)20-7-10-31-17-20)13-19-3-4-22(26)12-25(19)27/h3-4,7,10,12,17-18,21,24H,2,5-6,8-9,11,13-16H2,1H3. The molecule has 0 saturated carbocycles. The molecule has 0 bridgehead atoms. The Hall–Kier alpha value is -0.910. The quantitative estimate of drug-likeness (QED) is 0.441. The van der Waals surface area contributed by atoms with Gasteiger partial charge in [-0.15, -0.1) is 0 Å². The summed E-state index contributed by atoms with van der Waals surface area (Å²) in [5, 5.41) is 5.96. The Balaban J connectivity index is 1.38. The lowest BCUT2D eigenvalue weighted by Gasteiger charge is -2.34. The number of ketones is 1. The van der Waals surface area contributed by atoms with E-state index in [9.17, 15) is 4.79 Å². The third-order valence-corrected chi connectivity index (χ3v) is 8.30. The zero-order chi connectivity index (χ0) is 21.8. The number of carbonyl (C=O) groups is 1. The fraction of sp³-hybridized carbons (Fsp3) is 0.560. The van der Waals surface area contributed by atoms with Crippen molar-refractivity contribution in [2.24, 2.45) is 11.8 Å². The maximum atomic E-state index is 11.8. The van der Waals surface area contributed by atoms with E-state index in [1.54, 1.807) is 11.3 Å². The van der Waals surface area contributed by atoms with Gasteiger partial charge in [-0.25, -0.2) is 0 Å². The lowest BCUT2D eigenvalue weighted by atomic mass is 9.88. The van der Waals surface area contributed by atoms with Crippen LogP contribution in [0.1, 0.15) is 49.7 Å². The third-order valence-electron chi connectivity index (χ3n) is 7.01. The van der Waals surface area contributed by atoms with Crippen LogP contribution in [-0.4, -0.2) is 48.3 Å². The second kappa shape index (κ2) is 10.8. The van der Waals surface area contributed by atoms with Crippen molar-refractivity contribution in [3.05, 3.63) is 56.2 Å². The Morgan fingerprint density at radius 1 is 1.13 bits per heavy atom. The average Bonchev–Trinajstić information content (AvgIpc) is 3.41. The lowest BCUT2D eigenvalue weighted by molar-refractivity contribution is -0.120. The van der Waals surface area contributed by atoms with Crippen molar-refractivity contribution in [2.75, 3.05) is 32.7 Å². The summed E-state index contributed by atoms with van der Waals surface area (Å²) >= 11 is 14.3. The van der Waals surface area contributed by atoms with Crippen molar-refractivity contribution in [2.45, 2.75) is 45.1 Å². The van der Waals surface area contributed by atoms with Crippen molar-refractivity contribution in [3.63, 3.8) is 0 Å². The molecule has 0 amide bonds. The van der Waals surface area contributed by atoms with Crippen LogP contribution in [0.3, 0.4) is 0 Å². The van der Waals surface area contributed by atoms with Crippen LogP contribution in [0.2, 0.25) is 10.0 Å². The van der Waals surface area contributed by atoms with Crippen LogP contribution in [-0.2, 0) is 11.3 Å². The van der Waals surface area contributed by atoms with E-state index in [0.29, 0.717) is 35.0 Å². The molecule has 3 heterocycles. The molecular formula is C25H32Cl2N2OS. The van der Waals surface area contributed by atoms with E-state index in [1.807, 2.05) is 19.1 Å². The first-order valence-corrected chi connectivity index (χ1v) is 13.1. The normalized spacial score (nSPS) is 23.5. The molecule has 31 heavy (non-hydrogen) atoms. The van der Waals surface area contributed by atoms with E-state index in [0.717, 1.165) is 69.1 Å². The molecule has 2 aliphatic heterocycles. The number of thiophene rings is 1. The summed E-state index contributed by atoms with van der Waals surface area (Å²) in [7, 11) is 0. The largest absolute Gasteiger partial charge is 0.303 e. The van der Waals surface area contributed by atoms with Crippen LogP contribution in [0.25, 0.3) is 0 Å². The molecule has 2 aromatic rings. The van der Waals surface area contributed by atoms with Gasteiger partial charge in [-0.3, -0.25) is 9.69 Å². The second-order valence-electron chi connectivity index (χ2n) is 9.19. The fourth-order valence-corrected chi connectivity index (χ4v) is 6.39. The minimum Gasteiger partial charge on any atom is -0.303 e. The monoisotopic (exact) mass is 478 g/mol. The number of piperidine rings is 1. The highest BCUT2D eigenvalue weighted by atomic mass is 35.5. The van der Waals surface area contributed by atoms with Gasteiger partial charge in [-0.1, -0.05) is 36.2 Å². The Bertz CT molecular complexity index is 864. The van der Waals surface area contributed by atoms with Gasteiger partial charge in [-0.2, -0.15) is 11.3 Å². The van der Waals surface area contributed by atoms with Gasteiger partial charge in [0.2, 0.25) is 0 Å². The molecule has 1 aromatic heterocycles. The minimum absolute atomic E-state index is 0.420. The van der Waals surface area contributed by atoms with Crippen LogP contribution >= 0.6 is 34.5 Å². The van der Waals surface area contributed by atoms with Crippen molar-refractivity contribution < 1.29 is 4.79 Å². The molecular weight excluding hydrogens is 447 g/mol. The molecule has 4 rings (SSSR count). The van der Waals surface area contributed by atoms with E-state index in [4.69, 9.17) is 23.2 Å². The van der Waals surface area contributed by atoms with Gasteiger partial charge in [0.1, 0.15) is 5.78 Å². The minimum atomic E-state index is 0.420. The van der Waals surface area contributed by atoms with E-state index >= 15 is 0 Å². The van der Waals surface area contributed by atoms with E-state index in [2.05, 4.69) is 32.7 Å². The van der Waals surface area contributed by atoms with E-state index in [1.165, 1.54) is 5.56 Å². The Morgan fingerprint density at radius 2 is 1.94 bits per heavy atom. The molecule has 2 fully saturated rings. The molecule has 0 N–H and O–H groups in total. The summed E-state index contributed by atoms with van der Waals surface area (Å²) in [4.78, 5) is 17.0. The molecule has 1 aromatic carbocycles. The van der Waals surface area contributed by atoms with Crippen molar-refractivity contribution in [1.82, 2.24) is 9.80 Å². The van der Waals surface area contributed by atoms with E-state index in [-0.39, 0.29) is 0 Å². The maximum absolute atomic E-state index is 11.8. The van der Waals surface area contributed by atoms with Gasteiger partial charge in [0.05, 0.1) is 0 Å². The smallest absolute Gasteiger partial charge is 0.132 e. The average molecular weight is 480 g/mol. The molecule has 2 saturated heterocycles.